The first-order valence-corrected chi connectivity index (χ1v) is 18.8. The molecule has 3 aromatic carbocycles. The summed E-state index contributed by atoms with van der Waals surface area (Å²) in [4.78, 5) is 0. The standard InChI is InChI=1S/C42H57Si/c1-26(2)33-17-34(27(3)4)21-40(20-33)43(39-15-14-32(13)16-39,41-22-35(28(5)6)18-36(23-41)29(7)8)42-24-37(30(9)10)19-38(25-42)31(11)12/h14-31H,1-13H3. The van der Waals surface area contributed by atoms with Gasteiger partial charge in [-0.2, -0.15) is 0 Å². The second-order valence-electron chi connectivity index (χ2n) is 15.0. The first-order chi connectivity index (χ1) is 20.1. The van der Waals surface area contributed by atoms with E-state index >= 15 is 0 Å². The van der Waals surface area contributed by atoms with Crippen LogP contribution in [0.3, 0.4) is 0 Å². The molecule has 0 amide bonds. The Morgan fingerprint density at radius 3 is 0.814 bits per heavy atom. The largest absolute Gasteiger partial charge is 0.162 e. The van der Waals surface area contributed by atoms with Crippen molar-refractivity contribution in [1.82, 2.24) is 0 Å². The van der Waals surface area contributed by atoms with E-state index in [1.54, 1.807) is 0 Å². The van der Waals surface area contributed by atoms with Crippen molar-refractivity contribution in [2.75, 3.05) is 0 Å². The third-order valence-electron chi connectivity index (χ3n) is 9.57. The summed E-state index contributed by atoms with van der Waals surface area (Å²) in [7, 11) is -2.74. The molecule has 0 atom stereocenters. The summed E-state index contributed by atoms with van der Waals surface area (Å²) in [5.74, 6) is 2.79. The summed E-state index contributed by atoms with van der Waals surface area (Å²) in [6.07, 6.45) is 7.32. The minimum Gasteiger partial charge on any atom is -0.0750 e. The summed E-state index contributed by atoms with van der Waals surface area (Å²) in [5.41, 5.74) is 11.6. The van der Waals surface area contributed by atoms with Crippen LogP contribution in [0.5, 0.6) is 0 Å². The highest BCUT2D eigenvalue weighted by Gasteiger charge is 2.47. The number of hydrogen-bond donors (Lipinski definition) is 0. The summed E-state index contributed by atoms with van der Waals surface area (Å²) >= 11 is 0. The van der Waals surface area contributed by atoms with Crippen LogP contribution in [0.15, 0.2) is 78.4 Å². The minimum atomic E-state index is -2.74. The van der Waals surface area contributed by atoms with Crippen molar-refractivity contribution in [2.24, 2.45) is 0 Å². The first kappa shape index (κ1) is 33.3. The molecule has 1 aliphatic carbocycles. The molecule has 229 valence electrons. The fraction of sp³-hybridized carbons (Fsp3) is 0.452. The molecule has 3 aromatic rings. The fourth-order valence-electron chi connectivity index (χ4n) is 6.48. The second kappa shape index (κ2) is 13.2. The van der Waals surface area contributed by atoms with Crippen molar-refractivity contribution in [1.29, 1.82) is 0 Å². The van der Waals surface area contributed by atoms with Gasteiger partial charge >= 0.3 is 0 Å². The molecule has 43 heavy (non-hydrogen) atoms. The van der Waals surface area contributed by atoms with Gasteiger partial charge in [-0.1, -0.05) is 161 Å². The average molecular weight is 590 g/mol. The molecule has 0 heterocycles. The van der Waals surface area contributed by atoms with Gasteiger partial charge in [-0.25, -0.2) is 0 Å². The van der Waals surface area contributed by atoms with E-state index in [0.29, 0.717) is 35.5 Å². The average Bonchev–Trinajstić information content (AvgIpc) is 3.38. The van der Waals surface area contributed by atoms with E-state index < -0.39 is 8.07 Å². The van der Waals surface area contributed by atoms with E-state index in [1.807, 2.05) is 0 Å². The van der Waals surface area contributed by atoms with Gasteiger partial charge in [-0.05, 0) is 91.4 Å². The topological polar surface area (TPSA) is 0 Å². The van der Waals surface area contributed by atoms with Gasteiger partial charge in [0.15, 0.2) is 8.07 Å². The predicted molar refractivity (Wildman–Crippen MR) is 195 cm³/mol. The molecule has 0 spiro atoms. The lowest BCUT2D eigenvalue weighted by atomic mass is 9.95. The molecule has 0 fully saturated rings. The molecule has 0 aromatic heterocycles. The summed E-state index contributed by atoms with van der Waals surface area (Å²) < 4.78 is 0. The number of allylic oxidation sites excluding steroid dienone is 4. The van der Waals surface area contributed by atoms with Crippen molar-refractivity contribution in [3.63, 3.8) is 0 Å². The molecule has 1 radical (unpaired) electrons. The molecule has 0 bridgehead atoms. The first-order valence-electron chi connectivity index (χ1n) is 16.8. The third kappa shape index (κ3) is 6.73. The quantitative estimate of drug-likeness (QED) is 0.163. The third-order valence-corrected chi connectivity index (χ3v) is 14.2. The van der Waals surface area contributed by atoms with Gasteiger partial charge in [0.1, 0.15) is 0 Å². The Morgan fingerprint density at radius 2 is 0.628 bits per heavy atom. The minimum absolute atomic E-state index is 0.465. The zero-order valence-corrected chi connectivity index (χ0v) is 30.4. The Balaban J connectivity index is 2.31. The van der Waals surface area contributed by atoms with Gasteiger partial charge in [0.2, 0.25) is 0 Å². The molecule has 1 aliphatic rings. The second-order valence-corrected chi connectivity index (χ2v) is 18.8. The van der Waals surface area contributed by atoms with Gasteiger partial charge < -0.3 is 0 Å². The number of benzene rings is 3. The van der Waals surface area contributed by atoms with Crippen LogP contribution in [0.1, 0.15) is 159 Å². The monoisotopic (exact) mass is 589 g/mol. The van der Waals surface area contributed by atoms with E-state index in [9.17, 15) is 0 Å². The molecule has 4 rings (SSSR count). The van der Waals surface area contributed by atoms with Gasteiger partial charge in [0.25, 0.3) is 0 Å². The van der Waals surface area contributed by atoms with E-state index in [0.717, 1.165) is 0 Å². The highest BCUT2D eigenvalue weighted by Crippen LogP contribution is 2.34. The van der Waals surface area contributed by atoms with Crippen LogP contribution in [-0.4, -0.2) is 8.07 Å². The van der Waals surface area contributed by atoms with Crippen LogP contribution >= 0.6 is 0 Å². The van der Waals surface area contributed by atoms with Crippen molar-refractivity contribution in [3.05, 3.63) is 117 Å². The van der Waals surface area contributed by atoms with Crippen molar-refractivity contribution in [3.8, 4) is 0 Å². The van der Waals surface area contributed by atoms with Crippen molar-refractivity contribution < 1.29 is 0 Å². The number of rotatable bonds is 10. The van der Waals surface area contributed by atoms with Crippen molar-refractivity contribution >= 4 is 23.6 Å². The van der Waals surface area contributed by atoms with E-state index in [2.05, 4.69) is 163 Å². The Kier molecular flexibility index (Phi) is 10.2. The molecule has 1 heteroatoms. The summed E-state index contributed by atoms with van der Waals surface area (Å²) in [5, 5.41) is 4.58. The molecule has 0 saturated carbocycles. The van der Waals surface area contributed by atoms with Gasteiger partial charge in [-0.15, -0.1) is 0 Å². The van der Waals surface area contributed by atoms with E-state index in [4.69, 9.17) is 0 Å². The summed E-state index contributed by atoms with van der Waals surface area (Å²) in [6.45, 7) is 30.5. The summed E-state index contributed by atoms with van der Waals surface area (Å²) in [6, 6.07) is 23.0. The smallest absolute Gasteiger partial charge is 0.0750 e. The zero-order valence-electron chi connectivity index (χ0n) is 29.4. The zero-order chi connectivity index (χ0) is 31.8. The Morgan fingerprint density at radius 1 is 0.372 bits per heavy atom. The van der Waals surface area contributed by atoms with Crippen molar-refractivity contribution in [2.45, 2.75) is 126 Å². The van der Waals surface area contributed by atoms with Crippen LogP contribution in [-0.2, 0) is 0 Å². The molecule has 0 N–H and O–H groups in total. The van der Waals surface area contributed by atoms with Crippen LogP contribution in [0.4, 0.5) is 0 Å². The molecule has 0 nitrogen and oxygen atoms in total. The van der Waals surface area contributed by atoms with Gasteiger partial charge in [0.05, 0.1) is 0 Å². The highest BCUT2D eigenvalue weighted by molar-refractivity contribution is 7.15. The maximum atomic E-state index is 2.60. The fourth-order valence-corrected chi connectivity index (χ4v) is 11.6. The van der Waals surface area contributed by atoms with Crippen LogP contribution in [0, 0.1) is 5.54 Å². The Hall–Kier alpha value is -2.64. The maximum Gasteiger partial charge on any atom is 0.162 e. The lowest BCUT2D eigenvalue weighted by Gasteiger charge is -2.40. The van der Waals surface area contributed by atoms with Crippen LogP contribution in [0.25, 0.3) is 0 Å². The SMILES string of the molecule is CC1=C[C]([Si](c2cc(C(C)C)cc(C(C)C)c2)(c2cc(C(C)C)cc(C(C)C)c2)c2cc(C(C)C)cc(C(C)C)c2)C=C1. The molecule has 0 saturated heterocycles. The predicted octanol–water partition coefficient (Wildman–Crippen LogP) is 10.5. The normalized spacial score (nSPS) is 14.4. The van der Waals surface area contributed by atoms with E-state index in [1.165, 1.54) is 60.1 Å². The molecule has 0 aliphatic heterocycles. The highest BCUT2D eigenvalue weighted by atomic mass is 28.3. The van der Waals surface area contributed by atoms with Crippen LogP contribution < -0.4 is 15.6 Å². The molecular formula is C42H57Si. The Bertz CT molecular complexity index is 1260. The molecule has 0 unspecified atom stereocenters. The lowest BCUT2D eigenvalue weighted by molar-refractivity contribution is 0.834. The lowest BCUT2D eigenvalue weighted by Crippen LogP contribution is -2.70. The number of hydrogen-bond acceptors (Lipinski definition) is 0. The molecular weight excluding hydrogens is 533 g/mol. The van der Waals surface area contributed by atoms with E-state index in [-0.39, 0.29) is 0 Å². The van der Waals surface area contributed by atoms with Gasteiger partial charge in [0, 0.05) is 5.54 Å². The van der Waals surface area contributed by atoms with Crippen LogP contribution in [0.2, 0.25) is 0 Å². The maximum absolute atomic E-state index is 2.74. The van der Waals surface area contributed by atoms with Gasteiger partial charge in [-0.3, -0.25) is 0 Å². The Labute approximate surface area is 265 Å².